The highest BCUT2D eigenvalue weighted by Gasteiger charge is 2.42. The molecule has 0 amide bonds. The van der Waals surface area contributed by atoms with E-state index in [-0.39, 0.29) is 22.9 Å². The largest absolute Gasteiger partial charge is 0.480 e. The predicted molar refractivity (Wildman–Crippen MR) is 159 cm³/mol. The Labute approximate surface area is 241 Å². The van der Waals surface area contributed by atoms with Crippen LogP contribution in [0.15, 0.2) is 32.7 Å². The van der Waals surface area contributed by atoms with Crippen molar-refractivity contribution < 1.29 is 23.0 Å². The number of aliphatic hydroxyl groups is 1. The molecule has 2 saturated heterocycles. The minimum atomic E-state index is -3.54. The van der Waals surface area contributed by atoms with Gasteiger partial charge in [-0.3, -0.25) is 14.6 Å². The highest BCUT2D eigenvalue weighted by molar-refractivity contribution is 8.04. The summed E-state index contributed by atoms with van der Waals surface area (Å²) in [5, 5.41) is 10.5. The van der Waals surface area contributed by atoms with Crippen LogP contribution < -0.4 is 9.46 Å². The lowest BCUT2D eigenvalue weighted by Gasteiger charge is -2.38. The van der Waals surface area contributed by atoms with Crippen molar-refractivity contribution in [2.24, 2.45) is 15.9 Å². The van der Waals surface area contributed by atoms with Gasteiger partial charge in [-0.1, -0.05) is 0 Å². The quantitative estimate of drug-likeness (QED) is 0.490. The number of likely N-dealkylation sites (tertiary alicyclic amines) is 1. The van der Waals surface area contributed by atoms with E-state index in [9.17, 15) is 13.5 Å². The van der Waals surface area contributed by atoms with Crippen molar-refractivity contribution in [1.82, 2.24) is 14.8 Å². The molecule has 2 N–H and O–H groups in total. The molecule has 4 aliphatic heterocycles. The van der Waals surface area contributed by atoms with Crippen LogP contribution in [0.2, 0.25) is 0 Å². The normalized spacial score (nSPS) is 25.0. The average molecular weight is 593 g/mol. The molecular weight excluding hydrogens is 552 g/mol. The molecule has 0 bridgehead atoms. The molecule has 13 heteroatoms. The summed E-state index contributed by atoms with van der Waals surface area (Å²) in [4.78, 5) is 20.6. The van der Waals surface area contributed by atoms with Gasteiger partial charge in [0.2, 0.25) is 15.9 Å². The maximum Gasteiger partial charge on any atom is 0.238 e. The number of aliphatic imine (C=N–C) groups is 2. The zero-order valence-electron chi connectivity index (χ0n) is 23.9. The van der Waals surface area contributed by atoms with E-state index in [4.69, 9.17) is 19.5 Å². The molecule has 2 fully saturated rings. The molecule has 0 saturated carbocycles. The minimum Gasteiger partial charge on any atom is -0.480 e. The summed E-state index contributed by atoms with van der Waals surface area (Å²) >= 11 is 1.86. The molecule has 1 aromatic heterocycles. The number of sulfonamides is 1. The lowest BCUT2D eigenvalue weighted by molar-refractivity contribution is -0.0111. The van der Waals surface area contributed by atoms with Crippen molar-refractivity contribution in [2.45, 2.75) is 50.5 Å². The lowest BCUT2D eigenvalue weighted by Crippen LogP contribution is -2.49. The summed E-state index contributed by atoms with van der Waals surface area (Å²) in [6.07, 6.45) is 4.70. The second-order valence-corrected chi connectivity index (χ2v) is 14.5. The molecule has 1 aromatic rings. The molecular formula is C27H40N6O5S2. The number of rotatable bonds is 7. The fourth-order valence-corrected chi connectivity index (χ4v) is 7.87. The molecule has 2 unspecified atom stereocenters. The molecule has 4 aliphatic rings. The van der Waals surface area contributed by atoms with Gasteiger partial charge in [0.25, 0.3) is 0 Å². The number of pyridine rings is 1. The highest BCUT2D eigenvalue weighted by atomic mass is 32.2. The number of piperidine rings is 1. The van der Waals surface area contributed by atoms with Crippen LogP contribution in [0, 0.1) is 5.92 Å². The van der Waals surface area contributed by atoms with Crippen LogP contribution >= 0.6 is 11.8 Å². The predicted octanol–water partition coefficient (Wildman–Crippen LogP) is 2.19. The molecule has 11 nitrogen and oxygen atoms in total. The van der Waals surface area contributed by atoms with Crippen LogP contribution in [0.25, 0.3) is 0 Å². The molecule has 0 aromatic carbocycles. The van der Waals surface area contributed by atoms with Crippen LogP contribution in [0.1, 0.15) is 39.2 Å². The van der Waals surface area contributed by atoms with Crippen LogP contribution in [0.3, 0.4) is 0 Å². The molecule has 2 atom stereocenters. The number of nitrogens with zero attached hydrogens (tertiary/aromatic N) is 5. The van der Waals surface area contributed by atoms with Crippen LogP contribution in [0.5, 0.6) is 5.88 Å². The van der Waals surface area contributed by atoms with Gasteiger partial charge in [0.1, 0.15) is 11.5 Å². The van der Waals surface area contributed by atoms with E-state index in [1.165, 1.54) is 17.6 Å². The number of amidine groups is 2. The van der Waals surface area contributed by atoms with Gasteiger partial charge in [0.15, 0.2) is 5.84 Å². The first-order valence-corrected chi connectivity index (χ1v) is 16.5. The van der Waals surface area contributed by atoms with Gasteiger partial charge >= 0.3 is 0 Å². The number of thioether (sulfide) groups is 1. The number of aromatic nitrogens is 1. The molecule has 0 aliphatic carbocycles. The molecule has 220 valence electrons. The van der Waals surface area contributed by atoms with E-state index in [1.807, 2.05) is 25.6 Å². The van der Waals surface area contributed by atoms with Gasteiger partial charge in [0.05, 0.1) is 43.5 Å². The number of hydrogen-bond donors (Lipinski definition) is 2. The Balaban J connectivity index is 1.44. The number of fused-ring (bicyclic) bond motifs is 1. The van der Waals surface area contributed by atoms with E-state index in [0.717, 1.165) is 57.7 Å². The Morgan fingerprint density at radius 3 is 2.55 bits per heavy atom. The van der Waals surface area contributed by atoms with Crippen molar-refractivity contribution in [3.05, 3.63) is 28.3 Å². The first-order chi connectivity index (χ1) is 18.9. The van der Waals surface area contributed by atoms with Crippen LogP contribution in [0.4, 0.5) is 5.69 Å². The first-order valence-electron chi connectivity index (χ1n) is 13.7. The fourth-order valence-electron chi connectivity index (χ4n) is 5.75. The fraction of sp³-hybridized carbons (Fsp3) is 0.667. The summed E-state index contributed by atoms with van der Waals surface area (Å²) in [6.45, 7) is 11.6. The zero-order valence-corrected chi connectivity index (χ0v) is 25.5. The number of morpholine rings is 1. The van der Waals surface area contributed by atoms with Crippen molar-refractivity contribution in [3.8, 4) is 5.88 Å². The molecule has 0 radical (unpaired) electrons. The van der Waals surface area contributed by atoms with Gasteiger partial charge in [-0.2, -0.15) is 0 Å². The lowest BCUT2D eigenvalue weighted by atomic mass is 9.83. The monoisotopic (exact) mass is 592 g/mol. The zero-order chi connectivity index (χ0) is 28.7. The van der Waals surface area contributed by atoms with Gasteiger partial charge in [0, 0.05) is 36.3 Å². The maximum atomic E-state index is 12.0. The molecule has 5 rings (SSSR count). The van der Waals surface area contributed by atoms with E-state index in [0.29, 0.717) is 30.5 Å². The van der Waals surface area contributed by atoms with Crippen LogP contribution in [-0.2, 0) is 14.8 Å². The second kappa shape index (κ2) is 11.6. The summed E-state index contributed by atoms with van der Waals surface area (Å²) in [7, 11) is -2.09. The number of methoxy groups -OCH3 is 1. The third-order valence-electron chi connectivity index (χ3n) is 8.06. The van der Waals surface area contributed by atoms with E-state index in [2.05, 4.69) is 26.4 Å². The Kier molecular flexibility index (Phi) is 8.49. The summed E-state index contributed by atoms with van der Waals surface area (Å²) in [6, 6.07) is 1.61. The summed E-state index contributed by atoms with van der Waals surface area (Å²) < 4.78 is 37.4. The highest BCUT2D eigenvalue weighted by Crippen LogP contribution is 2.44. The van der Waals surface area contributed by atoms with Crippen molar-refractivity contribution >= 4 is 39.1 Å². The Morgan fingerprint density at radius 1 is 1.23 bits per heavy atom. The van der Waals surface area contributed by atoms with Gasteiger partial charge in [-0.25, -0.2) is 18.4 Å². The Morgan fingerprint density at radius 2 is 1.93 bits per heavy atom. The number of hydrogen-bond acceptors (Lipinski definition) is 11. The Bertz CT molecular complexity index is 1310. The average Bonchev–Trinajstić information content (AvgIpc) is 3.22. The van der Waals surface area contributed by atoms with Crippen molar-refractivity contribution in [3.63, 3.8) is 0 Å². The summed E-state index contributed by atoms with van der Waals surface area (Å²) in [5.41, 5.74) is 1.48. The SMILES string of the molecule is COc1ncc(C2=NC3C(C)=C(CN4CCC(C(C)(C)O)CC4)SC3C(N3CCOCC3)=N2)cc1NS(C)(=O)=O. The number of nitrogens with one attached hydrogen (secondary N) is 1. The van der Waals surface area contributed by atoms with E-state index >= 15 is 0 Å². The van der Waals surface area contributed by atoms with Crippen molar-refractivity contribution in [1.29, 1.82) is 0 Å². The molecule has 40 heavy (non-hydrogen) atoms. The Hall–Kier alpha value is -2.19. The number of anilines is 1. The molecule has 5 heterocycles. The van der Waals surface area contributed by atoms with Crippen LogP contribution in [-0.4, -0.2) is 116 Å². The third-order valence-corrected chi connectivity index (χ3v) is 10.1. The van der Waals surface area contributed by atoms with E-state index < -0.39 is 15.6 Å². The second-order valence-electron chi connectivity index (χ2n) is 11.5. The topological polar surface area (TPSA) is 129 Å². The molecule has 0 spiro atoms. The smallest absolute Gasteiger partial charge is 0.238 e. The van der Waals surface area contributed by atoms with Crippen molar-refractivity contribution in [2.75, 3.05) is 64.0 Å². The summed E-state index contributed by atoms with van der Waals surface area (Å²) in [5.74, 6) is 2.02. The number of ether oxygens (including phenoxy) is 2. The third kappa shape index (κ3) is 6.48. The maximum absolute atomic E-state index is 12.0. The van der Waals surface area contributed by atoms with Gasteiger partial charge in [-0.15, -0.1) is 11.8 Å². The minimum absolute atomic E-state index is 0.0746. The standard InChI is InChI=1S/C27H40N6O5S2/c1-17-21(16-32-8-6-19(7-9-32)27(2,3)34)39-23-22(17)29-24(30-25(23)33-10-12-38-13-11-33)18-14-20(31-40(5,35)36)26(37-4)28-15-18/h14-15,19,22-23,31,34H,6-13,16H2,1-5H3. The van der Waals surface area contributed by atoms with Gasteiger partial charge < -0.3 is 19.5 Å². The van der Waals surface area contributed by atoms with Gasteiger partial charge in [-0.05, 0) is 64.3 Å². The van der Waals surface area contributed by atoms with E-state index in [1.54, 1.807) is 12.3 Å². The first kappa shape index (κ1) is 29.3.